The van der Waals surface area contributed by atoms with Crippen molar-refractivity contribution in [2.24, 2.45) is 0 Å². The number of hydrogen-bond acceptors (Lipinski definition) is 4. The molecule has 2 heterocycles. The zero-order chi connectivity index (χ0) is 18.1. The number of carbonyl (C=O) groups excluding carboxylic acids is 1. The highest BCUT2D eigenvalue weighted by atomic mass is 16.5. The van der Waals surface area contributed by atoms with Gasteiger partial charge in [-0.15, -0.1) is 0 Å². The Morgan fingerprint density at radius 1 is 1.24 bits per heavy atom. The van der Waals surface area contributed by atoms with Crippen LogP contribution < -0.4 is 0 Å². The standard InChI is InChI=1S/C19H25N3O3/c1-12-5-13(2)7-16(6-12)22-14(3)8-18(20-22)19(24)21-9-17(10-23)25-11-15(21)4/h5-8,15,17,23H,9-11H2,1-4H3. The molecule has 0 radical (unpaired) electrons. The van der Waals surface area contributed by atoms with E-state index < -0.39 is 0 Å². The molecule has 2 atom stereocenters. The van der Waals surface area contributed by atoms with E-state index in [1.165, 1.54) is 0 Å². The number of aryl methyl sites for hydroxylation is 3. The van der Waals surface area contributed by atoms with Crippen LogP contribution in [0.1, 0.15) is 34.2 Å². The number of hydrogen-bond donors (Lipinski definition) is 1. The van der Waals surface area contributed by atoms with Crippen molar-refractivity contribution in [3.63, 3.8) is 0 Å². The van der Waals surface area contributed by atoms with Crippen molar-refractivity contribution in [3.05, 3.63) is 46.8 Å². The molecule has 2 aromatic rings. The normalized spacial score (nSPS) is 20.8. The SMILES string of the molecule is Cc1cc(C)cc(-n2nc(C(=O)N3CC(CO)OCC3C)cc2C)c1. The minimum absolute atomic E-state index is 0.0398. The average molecular weight is 343 g/mol. The number of ether oxygens (including phenoxy) is 1. The van der Waals surface area contributed by atoms with Crippen LogP contribution in [0.4, 0.5) is 0 Å². The molecular weight excluding hydrogens is 318 g/mol. The van der Waals surface area contributed by atoms with Gasteiger partial charge in [-0.25, -0.2) is 4.68 Å². The molecule has 1 aliphatic heterocycles. The van der Waals surface area contributed by atoms with E-state index in [0.29, 0.717) is 18.8 Å². The molecule has 1 aliphatic rings. The molecule has 1 aromatic heterocycles. The second kappa shape index (κ2) is 6.98. The lowest BCUT2D eigenvalue weighted by Crippen LogP contribution is -2.52. The molecular formula is C19H25N3O3. The van der Waals surface area contributed by atoms with Gasteiger partial charge in [-0.3, -0.25) is 4.79 Å². The molecule has 0 saturated carbocycles. The Hall–Kier alpha value is -2.18. The van der Waals surface area contributed by atoms with Gasteiger partial charge in [0.1, 0.15) is 0 Å². The highest BCUT2D eigenvalue weighted by molar-refractivity contribution is 5.92. The van der Waals surface area contributed by atoms with Crippen molar-refractivity contribution < 1.29 is 14.6 Å². The van der Waals surface area contributed by atoms with Gasteiger partial charge in [0.25, 0.3) is 5.91 Å². The zero-order valence-electron chi connectivity index (χ0n) is 15.2. The summed E-state index contributed by atoms with van der Waals surface area (Å²) in [6, 6.07) is 8.00. The predicted octanol–water partition coefficient (Wildman–Crippen LogP) is 2.02. The van der Waals surface area contributed by atoms with E-state index in [0.717, 1.165) is 22.5 Å². The summed E-state index contributed by atoms with van der Waals surface area (Å²) in [4.78, 5) is 14.6. The van der Waals surface area contributed by atoms with Crippen LogP contribution in [0.5, 0.6) is 0 Å². The number of aliphatic hydroxyl groups is 1. The Morgan fingerprint density at radius 2 is 1.92 bits per heavy atom. The molecule has 0 aliphatic carbocycles. The highest BCUT2D eigenvalue weighted by Gasteiger charge is 2.31. The van der Waals surface area contributed by atoms with Crippen LogP contribution in [0.25, 0.3) is 5.69 Å². The largest absolute Gasteiger partial charge is 0.394 e. The molecule has 6 heteroatoms. The van der Waals surface area contributed by atoms with E-state index in [9.17, 15) is 9.90 Å². The number of morpholine rings is 1. The fraction of sp³-hybridized carbons (Fsp3) is 0.474. The minimum Gasteiger partial charge on any atom is -0.394 e. The first kappa shape index (κ1) is 17.6. The highest BCUT2D eigenvalue weighted by Crippen LogP contribution is 2.19. The molecule has 1 saturated heterocycles. The van der Waals surface area contributed by atoms with Crippen molar-refractivity contribution in [2.75, 3.05) is 19.8 Å². The monoisotopic (exact) mass is 343 g/mol. The molecule has 0 spiro atoms. The summed E-state index contributed by atoms with van der Waals surface area (Å²) in [7, 11) is 0. The number of nitrogens with zero attached hydrogens (tertiary/aromatic N) is 3. The molecule has 1 fully saturated rings. The topological polar surface area (TPSA) is 67.6 Å². The van der Waals surface area contributed by atoms with Gasteiger partial charge in [0.15, 0.2) is 5.69 Å². The Kier molecular flexibility index (Phi) is 4.92. The number of aromatic nitrogens is 2. The third-order valence-electron chi connectivity index (χ3n) is 4.53. The van der Waals surface area contributed by atoms with Gasteiger partial charge in [0, 0.05) is 12.2 Å². The lowest BCUT2D eigenvalue weighted by Gasteiger charge is -2.37. The van der Waals surface area contributed by atoms with Crippen molar-refractivity contribution in [1.29, 1.82) is 0 Å². The van der Waals surface area contributed by atoms with Gasteiger partial charge >= 0.3 is 0 Å². The smallest absolute Gasteiger partial charge is 0.274 e. The quantitative estimate of drug-likeness (QED) is 0.926. The molecule has 0 bridgehead atoms. The zero-order valence-corrected chi connectivity index (χ0v) is 15.2. The van der Waals surface area contributed by atoms with Crippen LogP contribution in [-0.4, -0.2) is 57.6 Å². The van der Waals surface area contributed by atoms with Crippen LogP contribution in [0.15, 0.2) is 24.3 Å². The first-order chi connectivity index (χ1) is 11.9. The Bertz CT molecular complexity index is 764. The van der Waals surface area contributed by atoms with E-state index in [1.807, 2.05) is 38.4 Å². The Morgan fingerprint density at radius 3 is 2.56 bits per heavy atom. The molecule has 1 amide bonds. The van der Waals surface area contributed by atoms with Crippen molar-refractivity contribution in [3.8, 4) is 5.69 Å². The second-order valence-corrected chi connectivity index (χ2v) is 6.87. The molecule has 25 heavy (non-hydrogen) atoms. The first-order valence-electron chi connectivity index (χ1n) is 8.58. The van der Waals surface area contributed by atoms with Crippen LogP contribution in [0, 0.1) is 20.8 Å². The fourth-order valence-electron chi connectivity index (χ4n) is 3.27. The first-order valence-corrected chi connectivity index (χ1v) is 8.58. The summed E-state index contributed by atoms with van der Waals surface area (Å²) < 4.78 is 7.32. The van der Waals surface area contributed by atoms with Gasteiger partial charge in [-0.05, 0) is 57.0 Å². The summed E-state index contributed by atoms with van der Waals surface area (Å²) in [5, 5.41) is 13.9. The third kappa shape index (κ3) is 3.60. The average Bonchev–Trinajstić information content (AvgIpc) is 2.95. The van der Waals surface area contributed by atoms with E-state index in [4.69, 9.17) is 4.74 Å². The molecule has 6 nitrogen and oxygen atoms in total. The Balaban J connectivity index is 1.90. The number of aliphatic hydroxyl groups excluding tert-OH is 1. The van der Waals surface area contributed by atoms with Gasteiger partial charge < -0.3 is 14.7 Å². The molecule has 1 aromatic carbocycles. The summed E-state index contributed by atoms with van der Waals surface area (Å²) >= 11 is 0. The van der Waals surface area contributed by atoms with Crippen LogP contribution in [-0.2, 0) is 4.74 Å². The summed E-state index contributed by atoms with van der Waals surface area (Å²) in [6.07, 6.45) is -0.331. The summed E-state index contributed by atoms with van der Waals surface area (Å²) in [5.74, 6) is -0.125. The van der Waals surface area contributed by atoms with Crippen molar-refractivity contribution in [1.82, 2.24) is 14.7 Å². The summed E-state index contributed by atoms with van der Waals surface area (Å²) in [5.41, 5.74) is 4.60. The maximum absolute atomic E-state index is 12.9. The van der Waals surface area contributed by atoms with Gasteiger partial charge in [0.05, 0.1) is 31.0 Å². The van der Waals surface area contributed by atoms with E-state index >= 15 is 0 Å². The van der Waals surface area contributed by atoms with E-state index in [2.05, 4.69) is 23.3 Å². The number of rotatable bonds is 3. The maximum Gasteiger partial charge on any atom is 0.274 e. The number of carbonyl (C=O) groups is 1. The lowest BCUT2D eigenvalue weighted by atomic mass is 10.1. The van der Waals surface area contributed by atoms with E-state index in [1.54, 1.807) is 4.90 Å². The third-order valence-corrected chi connectivity index (χ3v) is 4.53. The fourth-order valence-corrected chi connectivity index (χ4v) is 3.27. The minimum atomic E-state index is -0.331. The van der Waals surface area contributed by atoms with Crippen LogP contribution in [0.3, 0.4) is 0 Å². The predicted molar refractivity (Wildman–Crippen MR) is 95.1 cm³/mol. The molecule has 134 valence electrons. The van der Waals surface area contributed by atoms with Gasteiger partial charge in [0.2, 0.25) is 0 Å². The molecule has 3 rings (SSSR count). The number of amides is 1. The second-order valence-electron chi connectivity index (χ2n) is 6.87. The van der Waals surface area contributed by atoms with Crippen LogP contribution in [0.2, 0.25) is 0 Å². The van der Waals surface area contributed by atoms with Crippen molar-refractivity contribution >= 4 is 5.91 Å². The number of benzene rings is 1. The van der Waals surface area contributed by atoms with Gasteiger partial charge in [-0.2, -0.15) is 5.10 Å². The van der Waals surface area contributed by atoms with Gasteiger partial charge in [-0.1, -0.05) is 6.07 Å². The summed E-state index contributed by atoms with van der Waals surface area (Å²) in [6.45, 7) is 8.70. The molecule has 2 unspecified atom stereocenters. The van der Waals surface area contributed by atoms with Crippen LogP contribution >= 0.6 is 0 Å². The lowest BCUT2D eigenvalue weighted by molar-refractivity contribution is -0.0668. The Labute approximate surface area is 148 Å². The van der Waals surface area contributed by atoms with Crippen molar-refractivity contribution in [2.45, 2.75) is 39.8 Å². The van der Waals surface area contributed by atoms with E-state index in [-0.39, 0.29) is 24.7 Å². The maximum atomic E-state index is 12.9. The molecule has 1 N–H and O–H groups in total.